The SMILES string of the molecule is CCNC(=NCCN1CCCN(C)CC1)N1CCSC(C(C)C)C1.I. The Labute approximate surface area is 176 Å². The first-order valence-electron chi connectivity index (χ1n) is 9.66. The van der Waals surface area contributed by atoms with Gasteiger partial charge in [-0.25, -0.2) is 0 Å². The first-order chi connectivity index (χ1) is 11.6. The van der Waals surface area contributed by atoms with E-state index < -0.39 is 0 Å². The molecule has 0 aliphatic carbocycles. The number of hydrogen-bond acceptors (Lipinski definition) is 4. The van der Waals surface area contributed by atoms with E-state index in [2.05, 4.69) is 59.6 Å². The molecule has 2 rings (SSSR count). The standard InChI is InChI=1S/C18H37N5S.HI/c1-5-19-18(23-13-14-24-17(15-23)16(2)3)20-7-10-22-9-6-8-21(4)11-12-22;/h16-17H,5-15H2,1-4H3,(H,19,20);1H. The molecule has 0 aromatic heterocycles. The summed E-state index contributed by atoms with van der Waals surface area (Å²) in [6, 6.07) is 0. The van der Waals surface area contributed by atoms with Crippen LogP contribution in [0.3, 0.4) is 0 Å². The predicted molar refractivity (Wildman–Crippen MR) is 123 cm³/mol. The Morgan fingerprint density at radius 1 is 1.20 bits per heavy atom. The average Bonchev–Trinajstić information content (AvgIpc) is 2.78. The first kappa shape index (κ1) is 23.3. The summed E-state index contributed by atoms with van der Waals surface area (Å²) in [6.45, 7) is 16.8. The van der Waals surface area contributed by atoms with Gasteiger partial charge >= 0.3 is 0 Å². The second kappa shape index (κ2) is 12.6. The fourth-order valence-electron chi connectivity index (χ4n) is 3.32. The van der Waals surface area contributed by atoms with Crippen LogP contribution in [-0.4, -0.2) is 97.6 Å². The van der Waals surface area contributed by atoms with E-state index >= 15 is 0 Å². The Bertz CT molecular complexity index is 394. The van der Waals surface area contributed by atoms with Crippen LogP contribution in [0.4, 0.5) is 0 Å². The fraction of sp³-hybridized carbons (Fsp3) is 0.944. The van der Waals surface area contributed by atoms with Gasteiger partial charge in [0.25, 0.3) is 0 Å². The van der Waals surface area contributed by atoms with Crippen LogP contribution in [0.25, 0.3) is 0 Å². The maximum Gasteiger partial charge on any atom is 0.194 e. The number of likely N-dealkylation sites (N-methyl/N-ethyl adjacent to an activating group) is 1. The van der Waals surface area contributed by atoms with Crippen molar-refractivity contribution in [2.75, 3.05) is 71.7 Å². The summed E-state index contributed by atoms with van der Waals surface area (Å²) in [7, 11) is 2.23. The van der Waals surface area contributed by atoms with Crippen LogP contribution in [0.1, 0.15) is 27.2 Å². The van der Waals surface area contributed by atoms with E-state index in [1.165, 1.54) is 38.4 Å². The van der Waals surface area contributed by atoms with Crippen LogP contribution in [-0.2, 0) is 0 Å². The summed E-state index contributed by atoms with van der Waals surface area (Å²) >= 11 is 2.12. The summed E-state index contributed by atoms with van der Waals surface area (Å²) in [5, 5.41) is 4.23. The Hall–Kier alpha value is 0.270. The van der Waals surface area contributed by atoms with Crippen molar-refractivity contribution in [3.8, 4) is 0 Å². The number of guanidine groups is 1. The molecule has 2 fully saturated rings. The van der Waals surface area contributed by atoms with E-state index in [4.69, 9.17) is 4.99 Å². The molecule has 148 valence electrons. The van der Waals surface area contributed by atoms with Crippen molar-refractivity contribution in [2.45, 2.75) is 32.4 Å². The Morgan fingerprint density at radius 3 is 2.72 bits per heavy atom. The molecular formula is C18H38IN5S. The van der Waals surface area contributed by atoms with Gasteiger partial charge in [-0.05, 0) is 39.4 Å². The second-order valence-corrected chi connectivity index (χ2v) is 8.68. The number of nitrogens with zero attached hydrogens (tertiary/aromatic N) is 4. The normalized spacial score (nSPS) is 24.1. The Balaban J connectivity index is 0.00000312. The highest BCUT2D eigenvalue weighted by Crippen LogP contribution is 2.24. The molecule has 0 radical (unpaired) electrons. The lowest BCUT2D eigenvalue weighted by molar-refractivity contribution is 0.282. The van der Waals surface area contributed by atoms with Gasteiger partial charge in [-0.2, -0.15) is 11.8 Å². The Morgan fingerprint density at radius 2 is 2.00 bits per heavy atom. The predicted octanol–water partition coefficient (Wildman–Crippen LogP) is 2.28. The molecule has 0 saturated carbocycles. The molecule has 2 aliphatic heterocycles. The summed E-state index contributed by atoms with van der Waals surface area (Å²) in [6.07, 6.45) is 1.28. The molecule has 25 heavy (non-hydrogen) atoms. The van der Waals surface area contributed by atoms with Gasteiger partial charge in [-0.3, -0.25) is 4.99 Å². The highest BCUT2D eigenvalue weighted by molar-refractivity contribution is 14.0. The quantitative estimate of drug-likeness (QED) is 0.369. The maximum absolute atomic E-state index is 4.94. The lowest BCUT2D eigenvalue weighted by Gasteiger charge is -2.36. The molecule has 1 N–H and O–H groups in total. The topological polar surface area (TPSA) is 34.1 Å². The molecule has 1 atom stereocenters. The molecule has 7 heteroatoms. The number of aliphatic imine (C=N–C) groups is 1. The minimum absolute atomic E-state index is 0. The van der Waals surface area contributed by atoms with E-state index in [9.17, 15) is 0 Å². The van der Waals surface area contributed by atoms with Crippen molar-refractivity contribution < 1.29 is 0 Å². The molecule has 5 nitrogen and oxygen atoms in total. The van der Waals surface area contributed by atoms with Crippen LogP contribution < -0.4 is 5.32 Å². The molecule has 2 saturated heterocycles. The van der Waals surface area contributed by atoms with Gasteiger partial charge < -0.3 is 20.0 Å². The second-order valence-electron chi connectivity index (χ2n) is 7.33. The van der Waals surface area contributed by atoms with Crippen molar-refractivity contribution in [3.05, 3.63) is 0 Å². The number of rotatable bonds is 5. The van der Waals surface area contributed by atoms with E-state index in [1.54, 1.807) is 0 Å². The zero-order chi connectivity index (χ0) is 17.4. The smallest absolute Gasteiger partial charge is 0.194 e. The van der Waals surface area contributed by atoms with Crippen molar-refractivity contribution in [3.63, 3.8) is 0 Å². The minimum atomic E-state index is 0. The van der Waals surface area contributed by atoms with E-state index in [0.29, 0.717) is 0 Å². The van der Waals surface area contributed by atoms with Crippen LogP contribution in [0.5, 0.6) is 0 Å². The number of nitrogens with one attached hydrogen (secondary N) is 1. The lowest BCUT2D eigenvalue weighted by Crippen LogP contribution is -2.49. The van der Waals surface area contributed by atoms with Crippen molar-refractivity contribution in [1.29, 1.82) is 0 Å². The maximum atomic E-state index is 4.94. The third kappa shape index (κ3) is 8.22. The van der Waals surface area contributed by atoms with Gasteiger partial charge in [0, 0.05) is 50.3 Å². The van der Waals surface area contributed by atoms with Crippen LogP contribution in [0, 0.1) is 5.92 Å². The average molecular weight is 484 g/mol. The number of hydrogen-bond donors (Lipinski definition) is 1. The molecule has 0 bridgehead atoms. The fourth-order valence-corrected chi connectivity index (χ4v) is 4.62. The molecule has 0 aromatic rings. The van der Waals surface area contributed by atoms with E-state index in [1.807, 2.05) is 0 Å². The molecule has 0 spiro atoms. The van der Waals surface area contributed by atoms with Crippen molar-refractivity contribution >= 4 is 41.7 Å². The van der Waals surface area contributed by atoms with Crippen LogP contribution in [0.2, 0.25) is 0 Å². The highest BCUT2D eigenvalue weighted by atomic mass is 127. The minimum Gasteiger partial charge on any atom is -0.357 e. The summed E-state index contributed by atoms with van der Waals surface area (Å²) in [4.78, 5) is 12.4. The molecule has 0 amide bonds. The largest absolute Gasteiger partial charge is 0.357 e. The molecular weight excluding hydrogens is 445 g/mol. The summed E-state index contributed by atoms with van der Waals surface area (Å²) < 4.78 is 0. The lowest BCUT2D eigenvalue weighted by atomic mass is 10.1. The van der Waals surface area contributed by atoms with Crippen molar-refractivity contribution in [2.24, 2.45) is 10.9 Å². The summed E-state index contributed by atoms with van der Waals surface area (Å²) in [5.74, 6) is 3.07. The van der Waals surface area contributed by atoms with Gasteiger partial charge in [-0.15, -0.1) is 24.0 Å². The number of halogens is 1. The molecule has 2 aliphatic rings. The molecule has 2 heterocycles. The van der Waals surface area contributed by atoms with Gasteiger partial charge in [-0.1, -0.05) is 13.8 Å². The van der Waals surface area contributed by atoms with E-state index in [0.717, 1.165) is 49.9 Å². The number of thioether (sulfide) groups is 1. The molecule has 1 unspecified atom stereocenters. The van der Waals surface area contributed by atoms with Crippen molar-refractivity contribution in [1.82, 2.24) is 20.0 Å². The summed E-state index contributed by atoms with van der Waals surface area (Å²) in [5.41, 5.74) is 0. The monoisotopic (exact) mass is 483 g/mol. The third-order valence-electron chi connectivity index (χ3n) is 4.96. The van der Waals surface area contributed by atoms with Gasteiger partial charge in [0.15, 0.2) is 5.96 Å². The molecule has 0 aromatic carbocycles. The van der Waals surface area contributed by atoms with Gasteiger partial charge in [0.05, 0.1) is 6.54 Å². The van der Waals surface area contributed by atoms with Crippen LogP contribution >= 0.6 is 35.7 Å². The highest BCUT2D eigenvalue weighted by Gasteiger charge is 2.24. The first-order valence-corrected chi connectivity index (χ1v) is 10.7. The van der Waals surface area contributed by atoms with Gasteiger partial charge in [0.2, 0.25) is 0 Å². The third-order valence-corrected chi connectivity index (χ3v) is 6.50. The van der Waals surface area contributed by atoms with Gasteiger partial charge in [0.1, 0.15) is 0 Å². The van der Waals surface area contributed by atoms with Crippen LogP contribution in [0.15, 0.2) is 4.99 Å². The Kier molecular flexibility index (Phi) is 11.8. The van der Waals surface area contributed by atoms with E-state index in [-0.39, 0.29) is 24.0 Å². The zero-order valence-corrected chi connectivity index (χ0v) is 19.7. The zero-order valence-electron chi connectivity index (χ0n) is 16.5.